The molecule has 3 heterocycles. The Morgan fingerprint density at radius 1 is 1.07 bits per heavy atom. The van der Waals surface area contributed by atoms with Crippen LogP contribution in [-0.4, -0.2) is 61.1 Å². The summed E-state index contributed by atoms with van der Waals surface area (Å²) < 4.78 is 18.6. The van der Waals surface area contributed by atoms with Crippen molar-refractivity contribution in [3.8, 4) is 0 Å². The Labute approximate surface area is 158 Å². The van der Waals surface area contributed by atoms with E-state index in [1.165, 1.54) is 12.1 Å². The number of carbonyl (C=O) groups excluding carboxylic acids is 2. The number of rotatable bonds is 2. The van der Waals surface area contributed by atoms with Gasteiger partial charge in [0.2, 0.25) is 5.91 Å². The number of nitrogens with zero attached hydrogens (tertiary/aromatic N) is 2. The maximum atomic E-state index is 13.2. The molecule has 7 heteroatoms. The lowest BCUT2D eigenvalue weighted by Crippen LogP contribution is -2.45. The number of hydrogen-bond donors (Lipinski definition) is 1. The van der Waals surface area contributed by atoms with Gasteiger partial charge in [0.05, 0.1) is 5.92 Å². The summed E-state index contributed by atoms with van der Waals surface area (Å²) in [6.45, 7) is 3.91. The fourth-order valence-corrected chi connectivity index (χ4v) is 4.64. The third-order valence-electron chi connectivity index (χ3n) is 6.24. The predicted molar refractivity (Wildman–Crippen MR) is 98.8 cm³/mol. The number of likely N-dealkylation sites (tertiary alicyclic amines) is 2. The maximum Gasteiger partial charge on any atom is 0.321 e. The van der Waals surface area contributed by atoms with Crippen molar-refractivity contribution in [2.75, 3.05) is 44.7 Å². The number of ether oxygens (including phenoxy) is 1. The molecule has 1 spiro atoms. The van der Waals surface area contributed by atoms with Crippen molar-refractivity contribution in [2.45, 2.75) is 25.7 Å². The molecule has 0 bridgehead atoms. The zero-order valence-electron chi connectivity index (χ0n) is 15.5. The summed E-state index contributed by atoms with van der Waals surface area (Å²) in [6.07, 6.45) is 3.72. The van der Waals surface area contributed by atoms with Crippen LogP contribution in [0.5, 0.6) is 0 Å². The van der Waals surface area contributed by atoms with Crippen LogP contribution in [0.1, 0.15) is 25.7 Å². The monoisotopic (exact) mass is 375 g/mol. The van der Waals surface area contributed by atoms with Crippen LogP contribution in [0.15, 0.2) is 24.3 Å². The molecule has 3 saturated heterocycles. The molecule has 0 aliphatic carbocycles. The van der Waals surface area contributed by atoms with E-state index in [0.717, 1.165) is 38.8 Å². The number of anilines is 1. The van der Waals surface area contributed by atoms with E-state index >= 15 is 0 Å². The first-order valence-corrected chi connectivity index (χ1v) is 9.75. The molecule has 6 nitrogen and oxygen atoms in total. The summed E-state index contributed by atoms with van der Waals surface area (Å²) >= 11 is 0. The smallest absolute Gasteiger partial charge is 0.321 e. The highest BCUT2D eigenvalue weighted by molar-refractivity contribution is 5.90. The number of benzene rings is 1. The minimum atomic E-state index is -0.341. The summed E-state index contributed by atoms with van der Waals surface area (Å²) in [7, 11) is 0. The molecule has 1 atom stereocenters. The average molecular weight is 375 g/mol. The Kier molecular flexibility index (Phi) is 5.04. The molecular formula is C20H26FN3O3. The van der Waals surface area contributed by atoms with Gasteiger partial charge in [0, 0.05) is 50.5 Å². The van der Waals surface area contributed by atoms with Crippen molar-refractivity contribution in [3.63, 3.8) is 0 Å². The second-order valence-electron chi connectivity index (χ2n) is 7.88. The van der Waals surface area contributed by atoms with Gasteiger partial charge in [-0.2, -0.15) is 0 Å². The molecule has 1 aromatic carbocycles. The number of urea groups is 1. The first-order valence-electron chi connectivity index (χ1n) is 9.75. The molecule has 1 aromatic rings. The van der Waals surface area contributed by atoms with Gasteiger partial charge >= 0.3 is 6.03 Å². The van der Waals surface area contributed by atoms with Crippen LogP contribution >= 0.6 is 0 Å². The van der Waals surface area contributed by atoms with Crippen molar-refractivity contribution in [1.82, 2.24) is 9.80 Å². The molecular weight excluding hydrogens is 349 g/mol. The number of hydrogen-bond acceptors (Lipinski definition) is 3. The number of carbonyl (C=O) groups is 2. The molecule has 3 aliphatic rings. The van der Waals surface area contributed by atoms with Crippen molar-refractivity contribution >= 4 is 17.6 Å². The highest BCUT2D eigenvalue weighted by atomic mass is 19.1. The third kappa shape index (κ3) is 3.65. The zero-order valence-corrected chi connectivity index (χ0v) is 15.5. The Hall–Kier alpha value is -2.15. The molecule has 4 rings (SSSR count). The topological polar surface area (TPSA) is 61.9 Å². The molecule has 3 fully saturated rings. The molecule has 0 unspecified atom stereocenters. The molecule has 27 heavy (non-hydrogen) atoms. The van der Waals surface area contributed by atoms with Gasteiger partial charge in [-0.15, -0.1) is 0 Å². The normalized spacial score (nSPS) is 24.4. The molecule has 146 valence electrons. The number of halogens is 1. The average Bonchev–Trinajstić information content (AvgIpc) is 3.33. The lowest BCUT2D eigenvalue weighted by molar-refractivity contribution is -0.139. The van der Waals surface area contributed by atoms with E-state index in [0.29, 0.717) is 32.0 Å². The lowest BCUT2D eigenvalue weighted by Gasteiger charge is -2.38. The van der Waals surface area contributed by atoms with E-state index in [9.17, 15) is 14.0 Å². The van der Waals surface area contributed by atoms with Crippen LogP contribution < -0.4 is 5.32 Å². The summed E-state index contributed by atoms with van der Waals surface area (Å²) in [5.41, 5.74) is 0.356. The minimum Gasteiger partial charge on any atom is -0.381 e. The third-order valence-corrected chi connectivity index (χ3v) is 6.24. The fourth-order valence-electron chi connectivity index (χ4n) is 4.64. The maximum absolute atomic E-state index is 13.2. The summed E-state index contributed by atoms with van der Waals surface area (Å²) in [5.74, 6) is -0.323. The summed E-state index contributed by atoms with van der Waals surface area (Å²) in [5, 5.41) is 2.83. The first-order chi connectivity index (χ1) is 13.1. The lowest BCUT2D eigenvalue weighted by atomic mass is 9.71. The van der Waals surface area contributed by atoms with Gasteiger partial charge in [0.15, 0.2) is 0 Å². The van der Waals surface area contributed by atoms with Crippen LogP contribution in [0.25, 0.3) is 0 Å². The van der Waals surface area contributed by atoms with Crippen LogP contribution in [0, 0.1) is 17.2 Å². The fraction of sp³-hybridized carbons (Fsp3) is 0.600. The SMILES string of the molecule is O=C(Nc1ccc(F)cc1)N1C[C@@H](C(=O)N2CCCC2)C2(CCOCC2)C1. The van der Waals surface area contributed by atoms with Crippen LogP contribution in [0.2, 0.25) is 0 Å². The van der Waals surface area contributed by atoms with E-state index in [1.54, 1.807) is 17.0 Å². The van der Waals surface area contributed by atoms with Gasteiger partial charge in [0.1, 0.15) is 5.82 Å². The molecule has 1 N–H and O–H groups in total. The van der Waals surface area contributed by atoms with Gasteiger partial charge in [-0.05, 0) is 49.9 Å². The van der Waals surface area contributed by atoms with Crippen LogP contribution in [-0.2, 0) is 9.53 Å². The zero-order chi connectivity index (χ0) is 18.9. The highest BCUT2D eigenvalue weighted by Crippen LogP contribution is 2.45. The van der Waals surface area contributed by atoms with E-state index in [1.807, 2.05) is 4.90 Å². The van der Waals surface area contributed by atoms with Gasteiger partial charge in [-0.25, -0.2) is 9.18 Å². The van der Waals surface area contributed by atoms with Crippen molar-refractivity contribution in [1.29, 1.82) is 0 Å². The van der Waals surface area contributed by atoms with Crippen molar-refractivity contribution in [3.05, 3.63) is 30.1 Å². The minimum absolute atomic E-state index is 0.168. The molecule has 0 radical (unpaired) electrons. The summed E-state index contributed by atoms with van der Waals surface area (Å²) in [4.78, 5) is 29.7. The Bertz CT molecular complexity index is 697. The molecule has 0 aromatic heterocycles. The van der Waals surface area contributed by atoms with Gasteiger partial charge < -0.3 is 19.9 Å². The standard InChI is InChI=1S/C20H26FN3O3/c21-15-3-5-16(6-4-15)22-19(26)24-13-17(18(25)23-9-1-2-10-23)20(14-24)7-11-27-12-8-20/h3-6,17H,1-2,7-14H2,(H,22,26)/t17-/m0/s1. The van der Waals surface area contributed by atoms with Gasteiger partial charge in [0.25, 0.3) is 0 Å². The van der Waals surface area contributed by atoms with Crippen LogP contribution in [0.3, 0.4) is 0 Å². The highest BCUT2D eigenvalue weighted by Gasteiger charge is 2.52. The Balaban J connectivity index is 1.50. The molecule has 3 aliphatic heterocycles. The summed E-state index contributed by atoms with van der Waals surface area (Å²) in [6, 6.07) is 5.49. The Morgan fingerprint density at radius 2 is 1.74 bits per heavy atom. The largest absolute Gasteiger partial charge is 0.381 e. The van der Waals surface area contributed by atoms with E-state index in [2.05, 4.69) is 5.32 Å². The number of nitrogens with one attached hydrogen (secondary N) is 1. The second kappa shape index (κ2) is 7.46. The molecule has 3 amide bonds. The van der Waals surface area contributed by atoms with Crippen molar-refractivity contribution in [2.24, 2.45) is 11.3 Å². The van der Waals surface area contributed by atoms with Gasteiger partial charge in [-0.1, -0.05) is 0 Å². The first kappa shape index (κ1) is 18.2. The Morgan fingerprint density at radius 3 is 2.41 bits per heavy atom. The van der Waals surface area contributed by atoms with E-state index < -0.39 is 0 Å². The predicted octanol–water partition coefficient (Wildman–Crippen LogP) is 2.71. The van der Waals surface area contributed by atoms with E-state index in [-0.39, 0.29) is 29.1 Å². The quantitative estimate of drug-likeness (QED) is 0.865. The van der Waals surface area contributed by atoms with Gasteiger partial charge in [-0.3, -0.25) is 4.79 Å². The number of amides is 3. The van der Waals surface area contributed by atoms with Crippen molar-refractivity contribution < 1.29 is 18.7 Å². The van der Waals surface area contributed by atoms with E-state index in [4.69, 9.17) is 4.74 Å². The molecule has 0 saturated carbocycles. The second-order valence-corrected chi connectivity index (χ2v) is 7.88. The van der Waals surface area contributed by atoms with Crippen LogP contribution in [0.4, 0.5) is 14.9 Å².